The minimum Gasteiger partial charge on any atom is -0.494 e. The number of hydrogen-bond donors (Lipinski definition) is 2. The van der Waals surface area contributed by atoms with Gasteiger partial charge in [0.1, 0.15) is 11.6 Å². The number of thiazole rings is 1. The van der Waals surface area contributed by atoms with E-state index < -0.39 is 17.5 Å². The number of rotatable bonds is 6. The van der Waals surface area contributed by atoms with E-state index in [0.29, 0.717) is 22.1 Å². The van der Waals surface area contributed by atoms with Crippen LogP contribution in [0.5, 0.6) is 5.75 Å². The number of halogens is 2. The lowest BCUT2D eigenvalue weighted by Gasteiger charge is -2.10. The van der Waals surface area contributed by atoms with Crippen molar-refractivity contribution >= 4 is 33.9 Å². The molecule has 2 aromatic carbocycles. The number of carbonyl (C=O) groups is 1. The van der Waals surface area contributed by atoms with E-state index in [0.717, 1.165) is 0 Å². The Morgan fingerprint density at radius 2 is 1.97 bits per heavy atom. The molecule has 4 aromatic rings. The number of anilines is 3. The predicted molar refractivity (Wildman–Crippen MR) is 116 cm³/mol. The zero-order chi connectivity index (χ0) is 21.8. The van der Waals surface area contributed by atoms with Crippen LogP contribution in [0.3, 0.4) is 0 Å². The van der Waals surface area contributed by atoms with E-state index in [2.05, 4.69) is 20.6 Å². The Morgan fingerprint density at radius 3 is 2.74 bits per heavy atom. The van der Waals surface area contributed by atoms with Gasteiger partial charge in [0.15, 0.2) is 16.7 Å². The summed E-state index contributed by atoms with van der Waals surface area (Å²) in [5.74, 6) is -0.921. The van der Waals surface area contributed by atoms with Gasteiger partial charge in [-0.2, -0.15) is 0 Å². The van der Waals surface area contributed by atoms with Gasteiger partial charge in [-0.15, -0.1) is 11.3 Å². The average molecular weight is 438 g/mol. The predicted octanol–water partition coefficient (Wildman–Crippen LogP) is 5.49. The molecule has 0 radical (unpaired) electrons. The van der Waals surface area contributed by atoms with Gasteiger partial charge >= 0.3 is 0 Å². The average Bonchev–Trinajstić information content (AvgIpc) is 3.22. The van der Waals surface area contributed by atoms with E-state index in [1.54, 1.807) is 35.7 Å². The molecule has 0 bridgehead atoms. The Bertz CT molecular complexity index is 1250. The number of benzene rings is 2. The van der Waals surface area contributed by atoms with E-state index in [4.69, 9.17) is 4.74 Å². The van der Waals surface area contributed by atoms with Crippen LogP contribution >= 0.6 is 11.3 Å². The molecule has 4 rings (SSSR count). The summed E-state index contributed by atoms with van der Waals surface area (Å²) in [4.78, 5) is 21.3. The molecule has 0 aliphatic rings. The summed E-state index contributed by atoms with van der Waals surface area (Å²) in [5.41, 5.74) is 1.81. The summed E-state index contributed by atoms with van der Waals surface area (Å²) in [6, 6.07) is 13.6. The first-order valence-corrected chi connectivity index (χ1v) is 10.00. The van der Waals surface area contributed by atoms with Gasteiger partial charge in [0.25, 0.3) is 5.91 Å². The summed E-state index contributed by atoms with van der Waals surface area (Å²) >= 11 is 1.21. The smallest absolute Gasteiger partial charge is 0.261 e. The number of carbonyl (C=O) groups excluding carboxylic acids is 1. The first-order chi connectivity index (χ1) is 15.0. The Hall–Kier alpha value is -3.85. The number of nitrogens with one attached hydrogen (secondary N) is 2. The van der Waals surface area contributed by atoms with Gasteiger partial charge in [0.05, 0.1) is 18.4 Å². The number of aromatic nitrogens is 2. The maximum atomic E-state index is 14.0. The molecule has 156 valence electrons. The summed E-state index contributed by atoms with van der Waals surface area (Å²) < 4.78 is 32.3. The van der Waals surface area contributed by atoms with E-state index in [1.807, 2.05) is 0 Å². The van der Waals surface area contributed by atoms with Crippen molar-refractivity contribution in [1.82, 2.24) is 9.97 Å². The normalized spacial score (nSPS) is 10.5. The molecule has 0 unspecified atom stereocenters. The molecule has 0 aliphatic carbocycles. The fraction of sp³-hybridized carbons (Fsp3) is 0.0455. The van der Waals surface area contributed by atoms with Crippen LogP contribution in [0.1, 0.15) is 10.4 Å². The second kappa shape index (κ2) is 8.88. The molecule has 0 saturated carbocycles. The Kier molecular flexibility index (Phi) is 5.85. The van der Waals surface area contributed by atoms with Crippen LogP contribution in [0.4, 0.5) is 25.4 Å². The molecule has 6 nitrogen and oxygen atoms in total. The molecule has 0 spiro atoms. The van der Waals surface area contributed by atoms with Crippen LogP contribution in [0, 0.1) is 11.6 Å². The molecule has 0 aliphatic heterocycles. The van der Waals surface area contributed by atoms with Crippen molar-refractivity contribution in [3.63, 3.8) is 0 Å². The molecular weight excluding hydrogens is 422 g/mol. The van der Waals surface area contributed by atoms with Gasteiger partial charge in [-0.25, -0.2) is 18.7 Å². The lowest BCUT2D eigenvalue weighted by molar-refractivity contribution is 0.102. The third-order valence-corrected chi connectivity index (χ3v) is 5.07. The van der Waals surface area contributed by atoms with Crippen LogP contribution in [-0.4, -0.2) is 23.0 Å². The fourth-order valence-corrected chi connectivity index (χ4v) is 3.56. The molecular formula is C22H16F2N4O2S. The Morgan fingerprint density at radius 1 is 1.10 bits per heavy atom. The van der Waals surface area contributed by atoms with Crippen molar-refractivity contribution in [2.24, 2.45) is 0 Å². The lowest BCUT2D eigenvalue weighted by Crippen LogP contribution is -2.14. The molecule has 1 amide bonds. The van der Waals surface area contributed by atoms with Gasteiger partial charge in [-0.3, -0.25) is 10.1 Å². The molecule has 2 heterocycles. The van der Waals surface area contributed by atoms with Crippen molar-refractivity contribution in [2.75, 3.05) is 17.7 Å². The maximum absolute atomic E-state index is 14.0. The van der Waals surface area contributed by atoms with Crippen molar-refractivity contribution < 1.29 is 18.3 Å². The highest BCUT2D eigenvalue weighted by Gasteiger charge is 2.15. The van der Waals surface area contributed by atoms with Crippen LogP contribution in [0.25, 0.3) is 11.3 Å². The maximum Gasteiger partial charge on any atom is 0.261 e. The lowest BCUT2D eigenvalue weighted by atomic mass is 10.1. The molecule has 31 heavy (non-hydrogen) atoms. The number of pyridine rings is 1. The van der Waals surface area contributed by atoms with Gasteiger partial charge in [-0.05, 0) is 48.5 Å². The van der Waals surface area contributed by atoms with E-state index in [1.165, 1.54) is 48.9 Å². The minimum absolute atomic E-state index is 0.141. The number of hydrogen-bond acceptors (Lipinski definition) is 6. The third-order valence-electron chi connectivity index (χ3n) is 4.31. The topological polar surface area (TPSA) is 76.1 Å². The highest BCUT2D eigenvalue weighted by Crippen LogP contribution is 2.29. The molecule has 0 fully saturated rings. The summed E-state index contributed by atoms with van der Waals surface area (Å²) in [7, 11) is 1.39. The quantitative estimate of drug-likeness (QED) is 0.416. The molecule has 2 aromatic heterocycles. The van der Waals surface area contributed by atoms with Gasteiger partial charge in [0.2, 0.25) is 0 Å². The number of nitrogens with zero attached hydrogens (tertiary/aromatic N) is 2. The summed E-state index contributed by atoms with van der Waals surface area (Å²) in [5, 5.41) is 7.72. The van der Waals surface area contributed by atoms with Gasteiger partial charge < -0.3 is 10.1 Å². The largest absolute Gasteiger partial charge is 0.494 e. The molecule has 0 atom stereocenters. The first-order valence-electron chi connectivity index (χ1n) is 9.12. The van der Waals surface area contributed by atoms with Crippen LogP contribution in [0.15, 0.2) is 66.2 Å². The third kappa shape index (κ3) is 4.67. The summed E-state index contributed by atoms with van der Waals surface area (Å²) in [6.07, 6.45) is 1.53. The standard InChI is InChI=1S/C22H16F2N4O2S/c1-30-19-8-7-13(10-17(19)24)18-12-31-22(27-18)28-21(29)16-6-3-9-25-20(16)26-15-5-2-4-14(23)11-15/h2-12H,1H3,(H,25,26)(H,27,28,29). The van der Waals surface area contributed by atoms with E-state index in [-0.39, 0.29) is 17.1 Å². The fourth-order valence-electron chi connectivity index (χ4n) is 2.84. The zero-order valence-electron chi connectivity index (χ0n) is 16.2. The number of ether oxygens (including phenoxy) is 1. The number of amides is 1. The second-order valence-electron chi connectivity index (χ2n) is 6.38. The number of methoxy groups -OCH3 is 1. The second-order valence-corrected chi connectivity index (χ2v) is 7.23. The molecule has 2 N–H and O–H groups in total. The Labute approximate surface area is 180 Å². The van der Waals surface area contributed by atoms with Gasteiger partial charge in [-0.1, -0.05) is 6.07 Å². The minimum atomic E-state index is -0.498. The van der Waals surface area contributed by atoms with Crippen molar-refractivity contribution in [3.8, 4) is 17.0 Å². The monoisotopic (exact) mass is 438 g/mol. The Balaban J connectivity index is 1.52. The van der Waals surface area contributed by atoms with Crippen molar-refractivity contribution in [1.29, 1.82) is 0 Å². The van der Waals surface area contributed by atoms with Crippen LogP contribution in [-0.2, 0) is 0 Å². The SMILES string of the molecule is COc1ccc(-c2csc(NC(=O)c3cccnc3Nc3cccc(F)c3)n2)cc1F. The van der Waals surface area contributed by atoms with Crippen LogP contribution < -0.4 is 15.4 Å². The zero-order valence-corrected chi connectivity index (χ0v) is 17.0. The first kappa shape index (κ1) is 20.4. The molecule has 9 heteroatoms. The van der Waals surface area contributed by atoms with Crippen molar-refractivity contribution in [2.45, 2.75) is 0 Å². The van der Waals surface area contributed by atoms with Crippen LogP contribution in [0.2, 0.25) is 0 Å². The van der Waals surface area contributed by atoms with E-state index in [9.17, 15) is 13.6 Å². The van der Waals surface area contributed by atoms with E-state index >= 15 is 0 Å². The molecule has 0 saturated heterocycles. The highest BCUT2D eigenvalue weighted by atomic mass is 32.1. The van der Waals surface area contributed by atoms with Crippen molar-refractivity contribution in [3.05, 3.63) is 83.4 Å². The highest BCUT2D eigenvalue weighted by molar-refractivity contribution is 7.14. The summed E-state index contributed by atoms with van der Waals surface area (Å²) in [6.45, 7) is 0. The van der Waals surface area contributed by atoms with Gasteiger partial charge in [0, 0.05) is 22.8 Å².